The quantitative estimate of drug-likeness (QED) is 0.127. The lowest BCUT2D eigenvalue weighted by Crippen LogP contribution is -2.59. The lowest BCUT2D eigenvalue weighted by molar-refractivity contribution is -0.142. The molecule has 55 heavy (non-hydrogen) atoms. The number of anilines is 1. The first-order valence-electron chi connectivity index (χ1n) is 18.2. The molecule has 7 rings (SSSR count). The zero-order valence-electron chi connectivity index (χ0n) is 30.1. The number of thiophene rings is 1. The van der Waals surface area contributed by atoms with Gasteiger partial charge in [-0.15, -0.1) is 11.3 Å². The standard InChI is InChI=1S/C43H43N5O6S/c49-39-21-22-44-33-19-15-30(16-20-33)26-38(43(53)54)48-41(51)35(24-28-8-3-1-4-9-28)46-40(50)36(47-42(52)37(45-39)27-34-12-7-23-55-34)25-29-13-17-32(18-14-29)31-10-5-2-6-11-31/h1-20,23,35-38,44H,21-22,24-27H2,(H,45,49)(H,46,50)(H,47,52)(H,48,51)(H,53,54). The molecule has 2 bridgehead atoms. The predicted molar refractivity (Wildman–Crippen MR) is 212 cm³/mol. The number of rotatable bonds is 8. The van der Waals surface area contributed by atoms with Gasteiger partial charge in [-0.2, -0.15) is 0 Å². The fraction of sp³-hybridized carbons (Fsp3) is 0.233. The highest BCUT2D eigenvalue weighted by molar-refractivity contribution is 7.09. The Morgan fingerprint density at radius 3 is 1.76 bits per heavy atom. The topological polar surface area (TPSA) is 166 Å². The molecule has 0 saturated carbocycles. The SMILES string of the molecule is O=C1CCNc2ccc(cc2)CC(C(=O)O)NC(=O)C(Cc2ccccc2)NC(=O)C(Cc2ccc(-c3ccccc3)cc2)NC(=O)C(Cc2cccs2)N1. The molecule has 3 heterocycles. The second-order valence-electron chi connectivity index (χ2n) is 13.5. The number of carboxylic acids is 1. The molecule has 4 aromatic carbocycles. The first-order valence-corrected chi connectivity index (χ1v) is 19.0. The van der Waals surface area contributed by atoms with Crippen LogP contribution >= 0.6 is 11.3 Å². The van der Waals surface area contributed by atoms with Crippen molar-refractivity contribution in [3.8, 4) is 11.1 Å². The summed E-state index contributed by atoms with van der Waals surface area (Å²) in [6.07, 6.45) is 0.415. The molecule has 0 aliphatic carbocycles. The van der Waals surface area contributed by atoms with E-state index in [4.69, 9.17) is 0 Å². The van der Waals surface area contributed by atoms with Crippen LogP contribution in [0.15, 0.2) is 127 Å². The summed E-state index contributed by atoms with van der Waals surface area (Å²) in [5.74, 6) is -3.46. The van der Waals surface area contributed by atoms with Crippen molar-refractivity contribution in [1.82, 2.24) is 21.3 Å². The summed E-state index contributed by atoms with van der Waals surface area (Å²) < 4.78 is 0. The third-order valence-electron chi connectivity index (χ3n) is 9.38. The van der Waals surface area contributed by atoms with Crippen molar-refractivity contribution in [2.45, 2.75) is 56.3 Å². The van der Waals surface area contributed by atoms with Crippen LogP contribution in [-0.4, -0.2) is 65.4 Å². The van der Waals surface area contributed by atoms with Gasteiger partial charge in [0.25, 0.3) is 0 Å². The Kier molecular flexibility index (Phi) is 13.0. The van der Waals surface area contributed by atoms with Crippen molar-refractivity contribution in [3.63, 3.8) is 0 Å². The Morgan fingerprint density at radius 1 is 0.600 bits per heavy atom. The third-order valence-corrected chi connectivity index (χ3v) is 10.3. The molecule has 282 valence electrons. The number of carbonyl (C=O) groups is 5. The van der Waals surface area contributed by atoms with E-state index in [1.165, 1.54) is 11.3 Å². The van der Waals surface area contributed by atoms with Gasteiger partial charge in [0.1, 0.15) is 24.2 Å². The van der Waals surface area contributed by atoms with Crippen LogP contribution in [-0.2, 0) is 49.7 Å². The van der Waals surface area contributed by atoms with Crippen LogP contribution in [0.2, 0.25) is 0 Å². The van der Waals surface area contributed by atoms with Crippen LogP contribution in [0.4, 0.5) is 5.69 Å². The number of nitrogens with one attached hydrogen (secondary N) is 5. The van der Waals surface area contributed by atoms with E-state index in [9.17, 15) is 29.1 Å². The minimum atomic E-state index is -1.28. The van der Waals surface area contributed by atoms with Crippen molar-refractivity contribution in [3.05, 3.63) is 148 Å². The van der Waals surface area contributed by atoms with Crippen LogP contribution in [0.25, 0.3) is 11.1 Å². The molecule has 5 aromatic rings. The Balaban J connectivity index is 1.33. The zero-order chi connectivity index (χ0) is 38.6. The van der Waals surface area contributed by atoms with Gasteiger partial charge in [-0.1, -0.05) is 103 Å². The maximum absolute atomic E-state index is 14.3. The highest BCUT2D eigenvalue weighted by Gasteiger charge is 2.32. The molecule has 4 unspecified atom stereocenters. The smallest absolute Gasteiger partial charge is 0.326 e. The van der Waals surface area contributed by atoms with Crippen LogP contribution < -0.4 is 26.6 Å². The largest absolute Gasteiger partial charge is 0.480 e. The minimum Gasteiger partial charge on any atom is -0.480 e. The summed E-state index contributed by atoms with van der Waals surface area (Å²) in [4.78, 5) is 68.9. The molecule has 0 saturated heterocycles. The molecule has 4 amide bonds. The zero-order valence-corrected chi connectivity index (χ0v) is 30.9. The Hall–Kier alpha value is -6.27. The number of carboxylic acid groups (broad SMARTS) is 1. The summed E-state index contributed by atoms with van der Waals surface area (Å²) in [5, 5.41) is 26.4. The molecule has 0 radical (unpaired) electrons. The molecular weight excluding hydrogens is 715 g/mol. The van der Waals surface area contributed by atoms with Gasteiger partial charge >= 0.3 is 5.97 Å². The number of amides is 4. The molecule has 1 aromatic heterocycles. The number of hydrogen-bond donors (Lipinski definition) is 6. The summed E-state index contributed by atoms with van der Waals surface area (Å²) in [6, 6.07) is 32.7. The minimum absolute atomic E-state index is 0.000942. The number of aliphatic carboxylic acids is 1. The number of carbonyl (C=O) groups excluding carboxylic acids is 4. The first kappa shape index (κ1) is 38.5. The molecule has 11 nitrogen and oxygen atoms in total. The van der Waals surface area contributed by atoms with Crippen LogP contribution in [0.3, 0.4) is 0 Å². The van der Waals surface area contributed by atoms with Gasteiger partial charge in [0.15, 0.2) is 0 Å². The van der Waals surface area contributed by atoms with Crippen LogP contribution in [0, 0.1) is 0 Å². The lowest BCUT2D eigenvalue weighted by Gasteiger charge is -2.26. The van der Waals surface area contributed by atoms with Gasteiger partial charge < -0.3 is 31.7 Å². The summed E-state index contributed by atoms with van der Waals surface area (Å²) in [7, 11) is 0. The van der Waals surface area contributed by atoms with E-state index >= 15 is 0 Å². The Labute approximate surface area is 323 Å². The van der Waals surface area contributed by atoms with E-state index in [2.05, 4.69) is 26.6 Å². The molecule has 2 aliphatic heterocycles. The maximum atomic E-state index is 14.3. The highest BCUT2D eigenvalue weighted by Crippen LogP contribution is 2.20. The van der Waals surface area contributed by atoms with Crippen molar-refractivity contribution in [2.75, 3.05) is 11.9 Å². The molecule has 2 aliphatic rings. The lowest BCUT2D eigenvalue weighted by atomic mass is 9.99. The van der Waals surface area contributed by atoms with Gasteiger partial charge in [-0.05, 0) is 51.4 Å². The molecule has 6 N–H and O–H groups in total. The average Bonchev–Trinajstić information content (AvgIpc) is 3.71. The van der Waals surface area contributed by atoms with E-state index < -0.39 is 47.9 Å². The first-order chi connectivity index (χ1) is 26.7. The fourth-order valence-corrected chi connectivity index (χ4v) is 7.16. The van der Waals surface area contributed by atoms with Crippen molar-refractivity contribution >= 4 is 46.6 Å². The fourth-order valence-electron chi connectivity index (χ4n) is 6.41. The van der Waals surface area contributed by atoms with Gasteiger partial charge in [-0.25, -0.2) is 4.79 Å². The van der Waals surface area contributed by atoms with E-state index in [-0.39, 0.29) is 44.6 Å². The third kappa shape index (κ3) is 11.1. The van der Waals surface area contributed by atoms with Gasteiger partial charge in [0, 0.05) is 49.2 Å². The average molecular weight is 758 g/mol. The van der Waals surface area contributed by atoms with Gasteiger partial charge in [0.05, 0.1) is 0 Å². The monoisotopic (exact) mass is 757 g/mol. The summed E-state index contributed by atoms with van der Waals surface area (Å²) in [6.45, 7) is 0.277. The second kappa shape index (κ2) is 18.7. The summed E-state index contributed by atoms with van der Waals surface area (Å²) in [5.41, 5.74) is 4.89. The number of hydrogen-bond acceptors (Lipinski definition) is 7. The van der Waals surface area contributed by atoms with Crippen molar-refractivity contribution in [1.29, 1.82) is 0 Å². The molecule has 4 atom stereocenters. The van der Waals surface area contributed by atoms with Gasteiger partial charge in [-0.3, -0.25) is 19.2 Å². The maximum Gasteiger partial charge on any atom is 0.326 e. The predicted octanol–water partition coefficient (Wildman–Crippen LogP) is 4.53. The molecular formula is C43H43N5O6S. The highest BCUT2D eigenvalue weighted by atomic mass is 32.1. The molecule has 0 spiro atoms. The second-order valence-corrected chi connectivity index (χ2v) is 14.5. The van der Waals surface area contributed by atoms with E-state index in [0.717, 1.165) is 32.8 Å². The Morgan fingerprint density at radius 2 is 1.16 bits per heavy atom. The van der Waals surface area contributed by atoms with E-state index in [0.29, 0.717) is 5.56 Å². The number of fused-ring (bicyclic) bond motifs is 17. The summed E-state index contributed by atoms with van der Waals surface area (Å²) >= 11 is 1.45. The van der Waals surface area contributed by atoms with Crippen molar-refractivity contribution < 1.29 is 29.1 Å². The van der Waals surface area contributed by atoms with E-state index in [1.807, 2.05) is 102 Å². The van der Waals surface area contributed by atoms with Gasteiger partial charge in [0.2, 0.25) is 23.6 Å². The Bertz CT molecular complexity index is 2060. The number of benzene rings is 4. The van der Waals surface area contributed by atoms with Crippen molar-refractivity contribution in [2.24, 2.45) is 0 Å². The van der Waals surface area contributed by atoms with E-state index in [1.54, 1.807) is 24.3 Å². The normalized spacial score (nSPS) is 19.9. The van der Waals surface area contributed by atoms with Crippen LogP contribution in [0.5, 0.6) is 0 Å². The molecule has 0 fully saturated rings. The molecule has 12 heteroatoms. The van der Waals surface area contributed by atoms with Crippen LogP contribution in [0.1, 0.15) is 28.0 Å².